The number of aliphatic hydroxyl groups excluding tert-OH is 2. The van der Waals surface area contributed by atoms with Crippen molar-refractivity contribution in [3.8, 4) is 16.9 Å². The van der Waals surface area contributed by atoms with Crippen LogP contribution in [0.5, 0.6) is 5.75 Å². The van der Waals surface area contributed by atoms with E-state index in [0.29, 0.717) is 5.56 Å². The Labute approximate surface area is 398 Å². The highest BCUT2D eigenvalue weighted by Crippen LogP contribution is 2.64. The standard InChI is InChI=1S/C53H55NO15/c1-28-37(67-49(63)42(59)41(54-47(61)34-13-9-7-10-14-34)33-19-17-31(18-20-33)32-21-23-36(57)24-22-32)26-53(64)46(68-48(62)35-15-11-8-12-16-35)44-51(6,38(58)25-39-52(44,27-65-39)69-30(3)56)45(60)43(66-29(2)55)40(28)50(53,4)5/h7-24,37-39,41-44,46,57-59,64H,25-27H2,1-6H3,(H,54,61)/t37-,38-,39+,41-,42+,43+,44-,46-,51+,52-,53+/m0/s1. The van der Waals surface area contributed by atoms with Crippen molar-refractivity contribution in [2.24, 2.45) is 16.7 Å². The van der Waals surface area contributed by atoms with Crippen LogP contribution in [0.3, 0.4) is 0 Å². The van der Waals surface area contributed by atoms with Gasteiger partial charge in [-0.3, -0.25) is 19.2 Å². The van der Waals surface area contributed by atoms with Gasteiger partial charge in [0, 0.05) is 37.7 Å². The highest BCUT2D eigenvalue weighted by molar-refractivity contribution is 5.96. The Morgan fingerprint density at radius 2 is 1.36 bits per heavy atom. The Hall–Kier alpha value is -6.72. The van der Waals surface area contributed by atoms with Crippen molar-refractivity contribution >= 4 is 35.6 Å². The molecule has 0 spiro atoms. The number of phenolic OH excluding ortho intramolecular Hbond substituents is 1. The number of hydrogen-bond acceptors (Lipinski definition) is 15. The summed E-state index contributed by atoms with van der Waals surface area (Å²) in [6, 6.07) is 27.6. The molecule has 0 aromatic heterocycles. The molecule has 0 unspecified atom stereocenters. The first-order valence-electron chi connectivity index (χ1n) is 22.7. The van der Waals surface area contributed by atoms with Gasteiger partial charge in [0.25, 0.3) is 5.91 Å². The number of aliphatic hydroxyl groups is 3. The van der Waals surface area contributed by atoms with Crippen LogP contribution in [0.4, 0.5) is 0 Å². The first-order chi connectivity index (χ1) is 32.6. The molecule has 2 bridgehead atoms. The Kier molecular flexibility index (Phi) is 12.9. The summed E-state index contributed by atoms with van der Waals surface area (Å²) in [4.78, 5) is 84.5. The van der Waals surface area contributed by atoms with Crippen LogP contribution in [0.25, 0.3) is 11.1 Å². The lowest BCUT2D eigenvalue weighted by Gasteiger charge is -2.67. The van der Waals surface area contributed by atoms with Crippen molar-refractivity contribution in [1.29, 1.82) is 0 Å². The first kappa shape index (κ1) is 48.7. The Bertz CT molecular complexity index is 2690. The molecule has 69 heavy (non-hydrogen) atoms. The van der Waals surface area contributed by atoms with E-state index < -0.39 is 113 Å². The van der Waals surface area contributed by atoms with Gasteiger partial charge in [0.05, 0.1) is 35.6 Å². The molecule has 16 nitrogen and oxygen atoms in total. The fourth-order valence-electron chi connectivity index (χ4n) is 11.1. The number of carbonyl (C=O) groups is 6. The second kappa shape index (κ2) is 18.3. The van der Waals surface area contributed by atoms with E-state index in [0.717, 1.165) is 25.0 Å². The zero-order valence-electron chi connectivity index (χ0n) is 38.9. The molecular formula is C53H55NO15. The van der Waals surface area contributed by atoms with Gasteiger partial charge in [-0.1, -0.05) is 86.6 Å². The summed E-state index contributed by atoms with van der Waals surface area (Å²) in [5, 5.41) is 50.6. The number of amides is 1. The predicted octanol–water partition coefficient (Wildman–Crippen LogP) is 5.11. The lowest BCUT2D eigenvalue weighted by atomic mass is 9.44. The number of esters is 4. The molecule has 2 saturated carbocycles. The van der Waals surface area contributed by atoms with E-state index in [1.54, 1.807) is 98.8 Å². The van der Waals surface area contributed by atoms with E-state index in [2.05, 4.69) is 5.32 Å². The summed E-state index contributed by atoms with van der Waals surface area (Å²) in [6.07, 6.45) is -10.8. The van der Waals surface area contributed by atoms with Gasteiger partial charge in [-0.2, -0.15) is 0 Å². The maximum Gasteiger partial charge on any atom is 0.338 e. The zero-order chi connectivity index (χ0) is 49.8. The average molecular weight is 946 g/mol. The van der Waals surface area contributed by atoms with Gasteiger partial charge in [0.15, 0.2) is 23.6 Å². The Morgan fingerprint density at radius 1 is 0.783 bits per heavy atom. The zero-order valence-corrected chi connectivity index (χ0v) is 38.9. The number of fused-ring (bicyclic) bond motifs is 5. The van der Waals surface area contributed by atoms with Gasteiger partial charge < -0.3 is 49.4 Å². The van der Waals surface area contributed by atoms with Crippen molar-refractivity contribution in [3.63, 3.8) is 0 Å². The molecule has 8 rings (SSSR count). The number of carbonyl (C=O) groups excluding carboxylic acids is 6. The topological polar surface area (TPSA) is 242 Å². The second-order valence-corrected chi connectivity index (χ2v) is 19.1. The molecule has 16 heteroatoms. The molecule has 1 aliphatic heterocycles. The molecule has 3 aliphatic carbocycles. The van der Waals surface area contributed by atoms with Gasteiger partial charge in [-0.05, 0) is 78.1 Å². The monoisotopic (exact) mass is 945 g/mol. The van der Waals surface area contributed by atoms with Crippen LogP contribution < -0.4 is 5.32 Å². The summed E-state index contributed by atoms with van der Waals surface area (Å²) in [7, 11) is 0. The van der Waals surface area contributed by atoms with Gasteiger partial charge in [-0.25, -0.2) is 9.59 Å². The van der Waals surface area contributed by atoms with Crippen LogP contribution in [-0.2, 0) is 42.9 Å². The smallest absolute Gasteiger partial charge is 0.338 e. The van der Waals surface area contributed by atoms with Crippen molar-refractivity contribution in [1.82, 2.24) is 5.32 Å². The van der Waals surface area contributed by atoms with E-state index in [1.165, 1.54) is 38.1 Å². The van der Waals surface area contributed by atoms with Gasteiger partial charge in [-0.15, -0.1) is 0 Å². The third-order valence-corrected chi connectivity index (χ3v) is 14.8. The van der Waals surface area contributed by atoms with Crippen molar-refractivity contribution in [3.05, 3.63) is 137 Å². The van der Waals surface area contributed by atoms with Crippen molar-refractivity contribution in [2.75, 3.05) is 6.61 Å². The average Bonchev–Trinajstić information content (AvgIpc) is 3.32. The normalized spacial score (nSPS) is 29.8. The predicted molar refractivity (Wildman–Crippen MR) is 245 cm³/mol. The molecule has 11 atom stereocenters. The SMILES string of the molecule is CC(=O)O[C@H]1C(=O)[C@@]2(C)[C@H]([C@H](OC(=O)c3ccccc3)[C@]3(O)C[C@H](OC(=O)[C@H](O)[C@@H](NC(=O)c4ccccc4)c4ccc(-c5ccc(O)cc5)cc4)C(C)=C1C3(C)C)[C@]1(OC(C)=O)CO[C@@H]1C[C@@H]2O. The van der Waals surface area contributed by atoms with Crippen LogP contribution in [0.15, 0.2) is 120 Å². The largest absolute Gasteiger partial charge is 0.508 e. The summed E-state index contributed by atoms with van der Waals surface area (Å²) in [6.45, 7) is 7.91. The highest BCUT2D eigenvalue weighted by Gasteiger charge is 2.78. The fourth-order valence-corrected chi connectivity index (χ4v) is 11.1. The maximum atomic E-state index is 15.6. The van der Waals surface area contributed by atoms with Crippen LogP contribution in [0, 0.1) is 16.7 Å². The van der Waals surface area contributed by atoms with Crippen LogP contribution in [0.1, 0.15) is 86.7 Å². The van der Waals surface area contributed by atoms with Crippen LogP contribution in [0.2, 0.25) is 0 Å². The van der Waals surface area contributed by atoms with Gasteiger partial charge >= 0.3 is 23.9 Å². The third-order valence-electron chi connectivity index (χ3n) is 14.8. The number of aromatic hydroxyl groups is 1. The molecule has 1 saturated heterocycles. The number of Topliss-reactive ketones (excluding diaryl/α,β-unsaturated/α-hetero) is 1. The quantitative estimate of drug-likeness (QED) is 0.0746. The number of ether oxygens (including phenoxy) is 5. The minimum atomic E-state index is -2.43. The third kappa shape index (κ3) is 8.38. The summed E-state index contributed by atoms with van der Waals surface area (Å²) in [5.41, 5.74) is -5.82. The maximum absolute atomic E-state index is 15.6. The molecule has 4 aromatic carbocycles. The molecule has 5 N–H and O–H groups in total. The molecular weight excluding hydrogens is 891 g/mol. The molecule has 0 radical (unpaired) electrons. The molecule has 4 aliphatic rings. The molecule has 3 fully saturated rings. The van der Waals surface area contributed by atoms with E-state index >= 15 is 4.79 Å². The van der Waals surface area contributed by atoms with Gasteiger partial charge in [0.2, 0.25) is 0 Å². The second-order valence-electron chi connectivity index (χ2n) is 19.1. The number of nitrogens with one attached hydrogen (secondary N) is 1. The lowest BCUT2D eigenvalue weighted by Crippen LogP contribution is -2.82. The fraction of sp³-hybridized carbons (Fsp3) is 0.396. The molecule has 1 amide bonds. The molecule has 1 heterocycles. The van der Waals surface area contributed by atoms with Crippen LogP contribution in [-0.4, -0.2) is 110 Å². The summed E-state index contributed by atoms with van der Waals surface area (Å²) < 4.78 is 30.5. The summed E-state index contributed by atoms with van der Waals surface area (Å²) >= 11 is 0. The van der Waals surface area contributed by atoms with Gasteiger partial charge in [0.1, 0.15) is 29.7 Å². The van der Waals surface area contributed by atoms with E-state index in [4.69, 9.17) is 23.7 Å². The Morgan fingerprint density at radius 3 is 1.91 bits per heavy atom. The van der Waals surface area contributed by atoms with Crippen LogP contribution >= 0.6 is 0 Å². The van der Waals surface area contributed by atoms with Crippen molar-refractivity contribution in [2.45, 2.75) is 108 Å². The number of hydrogen-bond donors (Lipinski definition) is 5. The molecule has 362 valence electrons. The van der Waals surface area contributed by atoms with E-state index in [-0.39, 0.29) is 41.1 Å². The first-order valence-corrected chi connectivity index (χ1v) is 22.7. The van der Waals surface area contributed by atoms with E-state index in [1.807, 2.05) is 0 Å². The number of benzene rings is 4. The minimum Gasteiger partial charge on any atom is -0.508 e. The highest BCUT2D eigenvalue weighted by atomic mass is 16.6. The van der Waals surface area contributed by atoms with E-state index in [9.17, 15) is 44.4 Å². The number of phenols is 1. The Balaban J connectivity index is 1.25. The minimum absolute atomic E-state index is 0.0244. The van der Waals surface area contributed by atoms with Crippen molar-refractivity contribution < 1.29 is 72.9 Å². The molecule has 4 aromatic rings. The summed E-state index contributed by atoms with van der Waals surface area (Å²) in [5.74, 6) is -6.93. The lowest BCUT2D eigenvalue weighted by molar-refractivity contribution is -0.346. The number of ketones is 1. The number of rotatable bonds is 11.